The van der Waals surface area contributed by atoms with Crippen LogP contribution in [0.2, 0.25) is 0 Å². The molecule has 27 heavy (non-hydrogen) atoms. The summed E-state index contributed by atoms with van der Waals surface area (Å²) >= 11 is 1.49. The second-order valence-electron chi connectivity index (χ2n) is 6.19. The predicted molar refractivity (Wildman–Crippen MR) is 106 cm³/mol. The summed E-state index contributed by atoms with van der Waals surface area (Å²) in [4.78, 5) is 33.3. The fraction of sp³-hybridized carbons (Fsp3) is 0.400. The summed E-state index contributed by atoms with van der Waals surface area (Å²) < 4.78 is 4.84. The summed E-state index contributed by atoms with van der Waals surface area (Å²) in [6, 6.07) is 8.83. The molecule has 7 heteroatoms. The number of ether oxygens (including phenoxy) is 1. The number of hydrogen-bond acceptors (Lipinski definition) is 6. The van der Waals surface area contributed by atoms with Crippen molar-refractivity contribution in [2.75, 3.05) is 13.4 Å². The number of amides is 1. The summed E-state index contributed by atoms with van der Waals surface area (Å²) in [5.41, 5.74) is 3.70. The monoisotopic (exact) mass is 387 g/mol. The molecule has 6 nitrogen and oxygen atoms in total. The Morgan fingerprint density at radius 3 is 2.33 bits per heavy atom. The number of thioether (sulfide) groups is 1. The standard InChI is InChI=1S/C20H25N3O3S/c1-13-16(14(2)22-20(21-13)27-4)10-11-18(24)23-17(19(25)26-3)12-15-8-6-5-7-9-15/h5-9,17H,10-12H2,1-4H3,(H,23,24)/t17-/m0/s1. The van der Waals surface area contributed by atoms with Crippen molar-refractivity contribution in [2.24, 2.45) is 0 Å². The van der Waals surface area contributed by atoms with Crippen molar-refractivity contribution in [1.82, 2.24) is 15.3 Å². The fourth-order valence-corrected chi connectivity index (χ4v) is 3.31. The second kappa shape index (κ2) is 10.1. The lowest BCUT2D eigenvalue weighted by molar-refractivity contribution is -0.145. The topological polar surface area (TPSA) is 81.2 Å². The van der Waals surface area contributed by atoms with Crippen molar-refractivity contribution >= 4 is 23.6 Å². The van der Waals surface area contributed by atoms with E-state index >= 15 is 0 Å². The molecular weight excluding hydrogens is 362 g/mol. The van der Waals surface area contributed by atoms with E-state index in [1.807, 2.05) is 50.4 Å². The molecule has 0 saturated carbocycles. The van der Waals surface area contributed by atoms with E-state index < -0.39 is 12.0 Å². The van der Waals surface area contributed by atoms with Crippen molar-refractivity contribution in [3.05, 3.63) is 52.8 Å². The Morgan fingerprint density at radius 1 is 1.15 bits per heavy atom. The highest BCUT2D eigenvalue weighted by Gasteiger charge is 2.22. The van der Waals surface area contributed by atoms with Crippen LogP contribution in [0.15, 0.2) is 35.5 Å². The summed E-state index contributed by atoms with van der Waals surface area (Å²) in [5, 5.41) is 3.52. The molecule has 0 aliphatic carbocycles. The van der Waals surface area contributed by atoms with E-state index in [2.05, 4.69) is 15.3 Å². The Morgan fingerprint density at radius 2 is 1.78 bits per heavy atom. The zero-order valence-corrected chi connectivity index (χ0v) is 16.9. The van der Waals surface area contributed by atoms with Gasteiger partial charge in [-0.05, 0) is 37.7 Å². The summed E-state index contributed by atoms with van der Waals surface area (Å²) in [7, 11) is 1.32. The molecule has 0 unspecified atom stereocenters. The zero-order valence-electron chi connectivity index (χ0n) is 16.1. The van der Waals surface area contributed by atoms with Gasteiger partial charge in [0.2, 0.25) is 5.91 Å². The summed E-state index contributed by atoms with van der Waals surface area (Å²) in [6.07, 6.45) is 3.10. The normalized spacial score (nSPS) is 11.7. The van der Waals surface area contributed by atoms with Crippen LogP contribution in [0.4, 0.5) is 0 Å². The van der Waals surface area contributed by atoms with Gasteiger partial charge in [0.1, 0.15) is 6.04 Å². The van der Waals surface area contributed by atoms with Gasteiger partial charge in [-0.15, -0.1) is 0 Å². The SMILES string of the molecule is COC(=O)[C@H](Cc1ccccc1)NC(=O)CCc1c(C)nc(SC)nc1C. The van der Waals surface area contributed by atoms with Gasteiger partial charge in [0, 0.05) is 24.2 Å². The molecule has 0 fully saturated rings. The molecule has 2 rings (SSSR count). The molecule has 1 N–H and O–H groups in total. The number of carbonyl (C=O) groups excluding carboxylic acids is 2. The minimum Gasteiger partial charge on any atom is -0.467 e. The van der Waals surface area contributed by atoms with Gasteiger partial charge in [0.25, 0.3) is 0 Å². The molecule has 0 radical (unpaired) electrons. The van der Waals surface area contributed by atoms with Crippen LogP contribution < -0.4 is 5.32 Å². The van der Waals surface area contributed by atoms with Crippen molar-refractivity contribution in [2.45, 2.75) is 44.3 Å². The summed E-state index contributed by atoms with van der Waals surface area (Å²) in [6.45, 7) is 3.85. The molecule has 1 aromatic carbocycles. The van der Waals surface area contributed by atoms with Crippen LogP contribution in [-0.2, 0) is 27.2 Å². The maximum atomic E-state index is 12.4. The third kappa shape index (κ3) is 6.06. The average molecular weight is 388 g/mol. The Labute approximate surface area is 164 Å². The van der Waals surface area contributed by atoms with E-state index in [1.165, 1.54) is 18.9 Å². The van der Waals surface area contributed by atoms with Crippen molar-refractivity contribution in [3.63, 3.8) is 0 Å². The smallest absolute Gasteiger partial charge is 0.328 e. The minimum absolute atomic E-state index is 0.200. The van der Waals surface area contributed by atoms with Crippen LogP contribution >= 0.6 is 11.8 Å². The van der Waals surface area contributed by atoms with Gasteiger partial charge in [-0.2, -0.15) is 0 Å². The van der Waals surface area contributed by atoms with Gasteiger partial charge < -0.3 is 10.1 Å². The maximum absolute atomic E-state index is 12.4. The maximum Gasteiger partial charge on any atom is 0.328 e. The molecule has 2 aromatic rings. The van der Waals surface area contributed by atoms with Gasteiger partial charge in [-0.25, -0.2) is 14.8 Å². The van der Waals surface area contributed by atoms with E-state index in [4.69, 9.17) is 4.74 Å². The molecule has 1 atom stereocenters. The molecule has 0 aliphatic rings. The molecule has 0 bridgehead atoms. The number of carbonyl (C=O) groups is 2. The molecule has 1 amide bonds. The van der Waals surface area contributed by atoms with Crippen LogP contribution in [0.5, 0.6) is 0 Å². The number of aromatic nitrogens is 2. The van der Waals surface area contributed by atoms with Gasteiger partial charge >= 0.3 is 5.97 Å². The van der Waals surface area contributed by atoms with Gasteiger partial charge in [0.15, 0.2) is 5.16 Å². The molecule has 0 aliphatic heterocycles. The first kappa shape index (κ1) is 20.9. The number of hydrogen-bond donors (Lipinski definition) is 1. The number of rotatable bonds is 8. The molecule has 0 saturated heterocycles. The number of esters is 1. The van der Waals surface area contributed by atoms with E-state index in [-0.39, 0.29) is 12.3 Å². The largest absolute Gasteiger partial charge is 0.467 e. The Balaban J connectivity index is 2.00. The number of nitrogens with one attached hydrogen (secondary N) is 1. The van der Waals surface area contributed by atoms with Crippen LogP contribution in [0.3, 0.4) is 0 Å². The van der Waals surface area contributed by atoms with Crippen LogP contribution in [-0.4, -0.2) is 41.3 Å². The molecule has 0 spiro atoms. The van der Waals surface area contributed by atoms with Crippen LogP contribution in [0.25, 0.3) is 0 Å². The highest BCUT2D eigenvalue weighted by Crippen LogP contribution is 2.17. The lowest BCUT2D eigenvalue weighted by Crippen LogP contribution is -2.43. The molecule has 144 valence electrons. The van der Waals surface area contributed by atoms with Crippen LogP contribution in [0, 0.1) is 13.8 Å². The third-order valence-corrected chi connectivity index (χ3v) is 4.84. The lowest BCUT2D eigenvalue weighted by Gasteiger charge is -2.17. The Bertz CT molecular complexity index is 773. The van der Waals surface area contributed by atoms with Gasteiger partial charge in [-0.3, -0.25) is 4.79 Å². The zero-order chi connectivity index (χ0) is 19.8. The fourth-order valence-electron chi connectivity index (χ4n) is 2.85. The van der Waals surface area contributed by atoms with Crippen LogP contribution in [0.1, 0.15) is 28.9 Å². The van der Waals surface area contributed by atoms with E-state index in [9.17, 15) is 9.59 Å². The van der Waals surface area contributed by atoms with Crippen molar-refractivity contribution in [3.8, 4) is 0 Å². The molecule has 1 heterocycles. The van der Waals surface area contributed by atoms with Gasteiger partial charge in [-0.1, -0.05) is 42.1 Å². The van der Waals surface area contributed by atoms with Crippen molar-refractivity contribution < 1.29 is 14.3 Å². The number of methoxy groups -OCH3 is 1. The quantitative estimate of drug-likeness (QED) is 0.426. The Hall–Kier alpha value is -2.41. The number of aryl methyl sites for hydroxylation is 2. The lowest BCUT2D eigenvalue weighted by atomic mass is 10.0. The highest BCUT2D eigenvalue weighted by molar-refractivity contribution is 7.98. The average Bonchev–Trinajstić information content (AvgIpc) is 2.66. The van der Waals surface area contributed by atoms with Crippen molar-refractivity contribution in [1.29, 1.82) is 0 Å². The van der Waals surface area contributed by atoms with Gasteiger partial charge in [0.05, 0.1) is 7.11 Å². The highest BCUT2D eigenvalue weighted by atomic mass is 32.2. The minimum atomic E-state index is -0.706. The molecule has 1 aromatic heterocycles. The summed E-state index contributed by atoms with van der Waals surface area (Å²) in [5.74, 6) is -0.652. The first-order chi connectivity index (χ1) is 12.9. The van der Waals surface area contributed by atoms with E-state index in [0.29, 0.717) is 12.8 Å². The first-order valence-corrected chi connectivity index (χ1v) is 9.96. The second-order valence-corrected chi connectivity index (χ2v) is 6.97. The third-order valence-electron chi connectivity index (χ3n) is 4.29. The Kier molecular flexibility index (Phi) is 7.79. The predicted octanol–water partition coefficient (Wildman–Crippen LogP) is 2.65. The number of benzene rings is 1. The van der Waals surface area contributed by atoms with E-state index in [1.54, 1.807) is 0 Å². The molecular formula is C20H25N3O3S. The van der Waals surface area contributed by atoms with E-state index in [0.717, 1.165) is 27.7 Å². The number of nitrogens with zero attached hydrogens (tertiary/aromatic N) is 2. The first-order valence-electron chi connectivity index (χ1n) is 8.73.